The Morgan fingerprint density at radius 1 is 1.13 bits per heavy atom. The zero-order valence-electron chi connectivity index (χ0n) is 18.1. The number of piperazine rings is 1. The summed E-state index contributed by atoms with van der Waals surface area (Å²) in [6.45, 7) is 8.28. The number of nitrogens with one attached hydrogen (secondary N) is 2. The highest BCUT2D eigenvalue weighted by Crippen LogP contribution is 2.25. The van der Waals surface area contributed by atoms with Gasteiger partial charge in [-0.1, -0.05) is 30.0 Å². The maximum absolute atomic E-state index is 12.8. The van der Waals surface area contributed by atoms with Gasteiger partial charge < -0.3 is 15.1 Å². The van der Waals surface area contributed by atoms with Gasteiger partial charge in [0, 0.05) is 11.4 Å². The van der Waals surface area contributed by atoms with E-state index in [1.807, 2.05) is 50.2 Å². The van der Waals surface area contributed by atoms with E-state index >= 15 is 0 Å². The molecule has 0 radical (unpaired) electrons. The van der Waals surface area contributed by atoms with E-state index in [9.17, 15) is 4.79 Å². The minimum Gasteiger partial charge on any atom is -0.360 e. The van der Waals surface area contributed by atoms with Gasteiger partial charge in [-0.25, -0.2) is 0 Å². The summed E-state index contributed by atoms with van der Waals surface area (Å²) >= 11 is 1.34. The summed E-state index contributed by atoms with van der Waals surface area (Å²) in [4.78, 5) is 16.7. The summed E-state index contributed by atoms with van der Waals surface area (Å²) in [6, 6.07) is 16.0. The van der Waals surface area contributed by atoms with Crippen LogP contribution in [0.25, 0.3) is 5.69 Å². The fraction of sp³-hybridized carbons (Fsp3) is 0.364. The molecule has 9 heteroatoms. The number of aromatic nitrogens is 4. The summed E-state index contributed by atoms with van der Waals surface area (Å²) in [5.74, 6) is -0.0831. The van der Waals surface area contributed by atoms with Gasteiger partial charge in [0.2, 0.25) is 11.1 Å². The van der Waals surface area contributed by atoms with E-state index in [-0.39, 0.29) is 11.2 Å². The first-order valence-electron chi connectivity index (χ1n) is 10.5. The van der Waals surface area contributed by atoms with E-state index in [2.05, 4.69) is 44.9 Å². The van der Waals surface area contributed by atoms with Crippen LogP contribution in [-0.4, -0.2) is 64.6 Å². The van der Waals surface area contributed by atoms with E-state index in [1.165, 1.54) is 17.4 Å². The molecule has 3 aromatic rings. The van der Waals surface area contributed by atoms with Crippen LogP contribution in [0.4, 0.5) is 11.4 Å². The number of carbonyl (C=O) groups excluding carboxylic acids is 1. The van der Waals surface area contributed by atoms with E-state index < -0.39 is 0 Å². The molecular formula is C22H28N7OS+. The van der Waals surface area contributed by atoms with Crippen molar-refractivity contribution in [2.45, 2.75) is 24.3 Å². The number of anilines is 2. The average molecular weight is 439 g/mol. The number of para-hydroxylation sites is 1. The topological polar surface area (TPSA) is 80.4 Å². The summed E-state index contributed by atoms with van der Waals surface area (Å²) in [6.07, 6.45) is 0. The van der Waals surface area contributed by atoms with Crippen LogP contribution < -0.4 is 15.1 Å². The lowest BCUT2D eigenvalue weighted by Gasteiger charge is -2.31. The Kier molecular flexibility index (Phi) is 6.53. The second-order valence-electron chi connectivity index (χ2n) is 7.90. The highest BCUT2D eigenvalue weighted by atomic mass is 32.2. The van der Waals surface area contributed by atoms with Crippen molar-refractivity contribution in [3.63, 3.8) is 0 Å². The van der Waals surface area contributed by atoms with Gasteiger partial charge in [0.05, 0.1) is 44.2 Å². The maximum Gasteiger partial charge on any atom is 0.237 e. The molecule has 1 amide bonds. The molecule has 31 heavy (non-hydrogen) atoms. The van der Waals surface area contributed by atoms with Crippen LogP contribution in [-0.2, 0) is 4.79 Å². The summed E-state index contributed by atoms with van der Waals surface area (Å²) in [5, 5.41) is 15.2. The van der Waals surface area contributed by atoms with Crippen LogP contribution in [0, 0.1) is 6.92 Å². The van der Waals surface area contributed by atoms with Crippen molar-refractivity contribution in [3.8, 4) is 5.69 Å². The maximum atomic E-state index is 12.8. The molecule has 1 aromatic heterocycles. The number of thioether (sulfide) groups is 1. The number of benzene rings is 2. The van der Waals surface area contributed by atoms with Gasteiger partial charge in [0.15, 0.2) is 0 Å². The van der Waals surface area contributed by atoms with E-state index in [4.69, 9.17) is 0 Å². The highest BCUT2D eigenvalue weighted by molar-refractivity contribution is 8.00. The van der Waals surface area contributed by atoms with Crippen LogP contribution in [0.15, 0.2) is 53.7 Å². The number of amides is 1. The average Bonchev–Trinajstić information content (AvgIpc) is 3.23. The largest absolute Gasteiger partial charge is 0.360 e. The smallest absolute Gasteiger partial charge is 0.237 e. The van der Waals surface area contributed by atoms with Crippen LogP contribution in [0.3, 0.4) is 0 Å². The Labute approximate surface area is 186 Å². The Balaban J connectivity index is 1.38. The third-order valence-electron chi connectivity index (χ3n) is 5.55. The molecular weight excluding hydrogens is 410 g/mol. The third-order valence-corrected chi connectivity index (χ3v) is 6.59. The Hall–Kier alpha value is -2.91. The van der Waals surface area contributed by atoms with Gasteiger partial charge in [0.25, 0.3) is 0 Å². The van der Waals surface area contributed by atoms with Crippen molar-refractivity contribution < 1.29 is 9.69 Å². The van der Waals surface area contributed by atoms with Crippen LogP contribution >= 0.6 is 11.8 Å². The zero-order chi connectivity index (χ0) is 21.8. The van der Waals surface area contributed by atoms with Gasteiger partial charge in [-0.15, -0.1) is 5.10 Å². The number of nitrogens with zero attached hydrogens (tertiary/aromatic N) is 5. The molecule has 2 aromatic carbocycles. The zero-order valence-corrected chi connectivity index (χ0v) is 18.9. The fourth-order valence-corrected chi connectivity index (χ4v) is 4.36. The molecule has 1 atom stereocenters. The van der Waals surface area contributed by atoms with Crippen LogP contribution in [0.2, 0.25) is 0 Å². The number of likely N-dealkylation sites (N-methyl/N-ethyl adjacent to an activating group) is 1. The molecule has 1 unspecified atom stereocenters. The SMILES string of the molecule is Cc1ccccc1-n1nnnc1SC(C)C(=O)Nc1ccc(N2CC[NH+](C)CC2)cc1. The standard InChI is InChI=1S/C22H27N7OS/c1-16-6-4-5-7-20(16)29-22(24-25-26-29)31-17(2)21(30)23-18-8-10-19(11-9-18)28-14-12-27(3)13-15-28/h4-11,17H,12-15H2,1-3H3,(H,23,30)/p+1. The van der Waals surface area contributed by atoms with Crippen molar-refractivity contribution >= 4 is 29.0 Å². The van der Waals surface area contributed by atoms with Gasteiger partial charge >= 0.3 is 0 Å². The highest BCUT2D eigenvalue weighted by Gasteiger charge is 2.21. The van der Waals surface area contributed by atoms with E-state index in [0.717, 1.165) is 43.1 Å². The quantitative estimate of drug-likeness (QED) is 0.567. The first kappa shape index (κ1) is 21.3. The van der Waals surface area contributed by atoms with Gasteiger partial charge in [-0.05, 0) is 60.2 Å². The number of aryl methyl sites for hydroxylation is 1. The number of rotatable bonds is 6. The number of hydrogen-bond donors (Lipinski definition) is 2. The van der Waals surface area contributed by atoms with Gasteiger partial charge in [0.1, 0.15) is 0 Å². The molecule has 0 spiro atoms. The van der Waals surface area contributed by atoms with Gasteiger partial charge in [-0.2, -0.15) is 4.68 Å². The van der Waals surface area contributed by atoms with Crippen molar-refractivity contribution in [3.05, 3.63) is 54.1 Å². The van der Waals surface area contributed by atoms with Crippen molar-refractivity contribution in [2.75, 3.05) is 43.4 Å². The lowest BCUT2D eigenvalue weighted by molar-refractivity contribution is -0.880. The molecule has 0 aliphatic carbocycles. The second-order valence-corrected chi connectivity index (χ2v) is 9.21. The number of tetrazole rings is 1. The van der Waals surface area contributed by atoms with Gasteiger partial charge in [-0.3, -0.25) is 4.79 Å². The molecule has 4 rings (SSSR count). The third kappa shape index (κ3) is 5.05. The molecule has 1 fully saturated rings. The lowest BCUT2D eigenvalue weighted by Crippen LogP contribution is -3.12. The summed E-state index contributed by atoms with van der Waals surface area (Å²) in [7, 11) is 2.23. The predicted octanol–water partition coefficient (Wildman–Crippen LogP) is 1.42. The molecule has 1 aliphatic heterocycles. The lowest BCUT2D eigenvalue weighted by atomic mass is 10.2. The Bertz CT molecular complexity index is 1030. The number of quaternary nitrogens is 1. The number of carbonyl (C=O) groups is 1. The van der Waals surface area contributed by atoms with Crippen LogP contribution in [0.1, 0.15) is 12.5 Å². The monoisotopic (exact) mass is 438 g/mol. The first-order chi connectivity index (χ1) is 15.0. The predicted molar refractivity (Wildman–Crippen MR) is 123 cm³/mol. The molecule has 8 nitrogen and oxygen atoms in total. The second kappa shape index (κ2) is 9.49. The minimum absolute atomic E-state index is 0.0831. The fourth-order valence-electron chi connectivity index (χ4n) is 3.56. The normalized spacial score (nSPS) is 15.6. The molecule has 2 heterocycles. The molecule has 1 saturated heterocycles. The van der Waals surface area contributed by atoms with E-state index in [0.29, 0.717) is 5.16 Å². The number of hydrogen-bond acceptors (Lipinski definition) is 6. The Morgan fingerprint density at radius 3 is 2.55 bits per heavy atom. The molecule has 2 N–H and O–H groups in total. The van der Waals surface area contributed by atoms with Crippen molar-refractivity contribution in [1.29, 1.82) is 0 Å². The van der Waals surface area contributed by atoms with Crippen LogP contribution in [0.5, 0.6) is 0 Å². The Morgan fingerprint density at radius 2 is 1.84 bits per heavy atom. The molecule has 0 saturated carbocycles. The molecule has 162 valence electrons. The van der Waals surface area contributed by atoms with Crippen molar-refractivity contribution in [2.24, 2.45) is 0 Å². The minimum atomic E-state index is -0.353. The van der Waals surface area contributed by atoms with Crippen molar-refractivity contribution in [1.82, 2.24) is 20.2 Å². The first-order valence-corrected chi connectivity index (χ1v) is 11.4. The van der Waals surface area contributed by atoms with E-state index in [1.54, 1.807) is 9.58 Å². The molecule has 1 aliphatic rings. The summed E-state index contributed by atoms with van der Waals surface area (Å²) in [5.41, 5.74) is 3.96. The summed E-state index contributed by atoms with van der Waals surface area (Å²) < 4.78 is 1.68. The molecule has 0 bridgehead atoms.